The molecule has 2 aliphatic rings. The van der Waals surface area contributed by atoms with Crippen LogP contribution in [0.15, 0.2) is 45.3 Å². The van der Waals surface area contributed by atoms with E-state index < -0.39 is 11.7 Å². The van der Waals surface area contributed by atoms with Crippen LogP contribution in [0.3, 0.4) is 0 Å². The Morgan fingerprint density at radius 1 is 1.47 bits per heavy atom. The van der Waals surface area contributed by atoms with E-state index in [-0.39, 0.29) is 28.2 Å². The highest BCUT2D eigenvalue weighted by Gasteiger charge is 2.45. The lowest BCUT2D eigenvalue weighted by Gasteiger charge is -2.42. The topological polar surface area (TPSA) is 98.8 Å². The van der Waals surface area contributed by atoms with Gasteiger partial charge in [0.1, 0.15) is 11.6 Å². The molecule has 2 aromatic rings. The van der Waals surface area contributed by atoms with Gasteiger partial charge in [0.15, 0.2) is 9.74 Å². The Hall–Kier alpha value is -2.35. The van der Waals surface area contributed by atoms with Crippen LogP contribution in [0.1, 0.15) is 38.2 Å². The molecule has 154 valence electrons. The minimum Gasteiger partial charge on any atom is -0.384 e. The molecule has 1 aromatic carbocycles. The number of halogens is 2. The highest BCUT2D eigenvalue weighted by atomic mass is 79.9. The molecule has 1 aromatic heterocycles. The molecule has 2 heterocycles. The van der Waals surface area contributed by atoms with E-state index in [4.69, 9.17) is 18.0 Å². The molecule has 30 heavy (non-hydrogen) atoms. The molecular weight excluding hydrogens is 489 g/mol. The van der Waals surface area contributed by atoms with Crippen LogP contribution in [0.2, 0.25) is 0 Å². The van der Waals surface area contributed by atoms with Gasteiger partial charge in [-0.3, -0.25) is 14.8 Å². The van der Waals surface area contributed by atoms with E-state index in [0.29, 0.717) is 37.7 Å². The van der Waals surface area contributed by atoms with E-state index in [1.807, 2.05) is 13.8 Å². The summed E-state index contributed by atoms with van der Waals surface area (Å²) >= 11 is 9.61. The summed E-state index contributed by atoms with van der Waals surface area (Å²) in [5, 5.41) is 17.3. The molecular formula is C20H17BrFN5OS2. The van der Waals surface area contributed by atoms with Crippen LogP contribution in [0.5, 0.6) is 0 Å². The number of carbonyl (C=O) groups excluding carboxylic acids is 1. The summed E-state index contributed by atoms with van der Waals surface area (Å²) < 4.78 is 16.0. The van der Waals surface area contributed by atoms with Crippen LogP contribution in [0, 0.1) is 26.5 Å². The number of H-pyrrole nitrogens is 1. The third kappa shape index (κ3) is 3.41. The Morgan fingerprint density at radius 3 is 2.80 bits per heavy atom. The standard InChI is InChI=1S/C20H17BrFN5OS2/c1-20(2)6-13-16(14(28)7-20)15(10-4-3-9(21)5-12(10)22)11(8-23)17(24)27(13)18-25-26-19(29)30-18/h3-5,15H,6-7,24H2,1-2H3,(H,26,29). The van der Waals surface area contributed by atoms with Crippen LogP contribution in [0.4, 0.5) is 9.52 Å². The summed E-state index contributed by atoms with van der Waals surface area (Å²) in [7, 11) is 0. The number of rotatable bonds is 2. The lowest BCUT2D eigenvalue weighted by Crippen LogP contribution is -2.42. The second-order valence-electron chi connectivity index (χ2n) is 8.04. The Bertz CT molecular complexity index is 1240. The van der Waals surface area contributed by atoms with Crippen molar-refractivity contribution in [2.45, 2.75) is 32.6 Å². The lowest BCUT2D eigenvalue weighted by molar-refractivity contribution is -0.118. The molecule has 1 unspecified atom stereocenters. The van der Waals surface area contributed by atoms with Crippen molar-refractivity contribution in [3.05, 3.63) is 60.7 Å². The summed E-state index contributed by atoms with van der Waals surface area (Å²) in [4.78, 5) is 14.9. The normalized spacial score (nSPS) is 21.0. The fraction of sp³-hybridized carbons (Fsp3) is 0.300. The van der Waals surface area contributed by atoms with Gasteiger partial charge in [-0.1, -0.05) is 47.2 Å². The second-order valence-corrected chi connectivity index (χ2v) is 10.6. The zero-order chi connectivity index (χ0) is 21.8. The summed E-state index contributed by atoms with van der Waals surface area (Å²) in [6.45, 7) is 3.99. The van der Waals surface area contributed by atoms with Crippen molar-refractivity contribution < 1.29 is 9.18 Å². The van der Waals surface area contributed by atoms with Gasteiger partial charge in [-0.15, -0.1) is 5.10 Å². The molecule has 0 spiro atoms. The van der Waals surface area contributed by atoms with Crippen molar-refractivity contribution in [3.8, 4) is 6.07 Å². The number of aromatic amines is 1. The highest BCUT2D eigenvalue weighted by Crippen LogP contribution is 2.50. The van der Waals surface area contributed by atoms with Crippen molar-refractivity contribution in [3.63, 3.8) is 0 Å². The molecule has 1 aliphatic heterocycles. The predicted molar refractivity (Wildman–Crippen MR) is 118 cm³/mol. The average Bonchev–Trinajstić information content (AvgIpc) is 3.06. The molecule has 6 nitrogen and oxygen atoms in total. The molecule has 1 atom stereocenters. The Kier molecular flexibility index (Phi) is 5.16. The number of nitrogens with one attached hydrogen (secondary N) is 1. The molecule has 1 aliphatic carbocycles. The van der Waals surface area contributed by atoms with Gasteiger partial charge in [0.2, 0.25) is 5.13 Å². The fourth-order valence-electron chi connectivity index (χ4n) is 4.09. The Labute approximate surface area is 190 Å². The minimum absolute atomic E-state index is 0.115. The Balaban J connectivity index is 2.03. The number of anilines is 1. The maximum absolute atomic E-state index is 15.0. The number of nitrogens with zero attached hydrogens (tertiary/aromatic N) is 3. The second kappa shape index (κ2) is 7.41. The van der Waals surface area contributed by atoms with E-state index in [1.54, 1.807) is 17.0 Å². The van der Waals surface area contributed by atoms with Crippen molar-refractivity contribution in [2.75, 3.05) is 4.90 Å². The monoisotopic (exact) mass is 505 g/mol. The first kappa shape index (κ1) is 20.9. The SMILES string of the molecule is CC1(C)CC(=O)C2=C(C1)N(c1n[nH]c(=S)s1)C(N)=C(C#N)C2c1ccc(Br)cc1F. The largest absolute Gasteiger partial charge is 0.384 e. The number of nitriles is 1. The van der Waals surface area contributed by atoms with E-state index in [0.717, 1.165) is 0 Å². The van der Waals surface area contributed by atoms with Gasteiger partial charge in [-0.25, -0.2) is 4.39 Å². The summed E-state index contributed by atoms with van der Waals surface area (Å²) in [6.07, 6.45) is 0.817. The van der Waals surface area contributed by atoms with Crippen molar-refractivity contribution in [1.82, 2.24) is 10.2 Å². The molecule has 10 heteroatoms. The van der Waals surface area contributed by atoms with Crippen molar-refractivity contribution >= 4 is 50.4 Å². The third-order valence-corrected chi connectivity index (χ3v) is 6.84. The number of carbonyl (C=O) groups is 1. The summed E-state index contributed by atoms with van der Waals surface area (Å²) in [6, 6.07) is 6.71. The molecule has 0 saturated heterocycles. The predicted octanol–water partition coefficient (Wildman–Crippen LogP) is 5.04. The van der Waals surface area contributed by atoms with E-state index in [9.17, 15) is 14.4 Å². The molecule has 3 N–H and O–H groups in total. The van der Waals surface area contributed by atoms with Crippen LogP contribution >= 0.6 is 39.5 Å². The van der Waals surface area contributed by atoms with Crippen LogP contribution in [-0.2, 0) is 4.79 Å². The molecule has 0 fully saturated rings. The first-order valence-electron chi connectivity index (χ1n) is 9.09. The van der Waals surface area contributed by atoms with Crippen molar-refractivity contribution in [1.29, 1.82) is 5.26 Å². The molecule has 4 rings (SSSR count). The van der Waals surface area contributed by atoms with E-state index >= 15 is 0 Å². The summed E-state index contributed by atoms with van der Waals surface area (Å²) in [5.41, 5.74) is 7.51. The molecule has 0 bridgehead atoms. The number of aromatic nitrogens is 2. The van der Waals surface area contributed by atoms with Crippen LogP contribution in [0.25, 0.3) is 0 Å². The number of ketones is 1. The van der Waals surface area contributed by atoms with Gasteiger partial charge in [0.25, 0.3) is 0 Å². The first-order chi connectivity index (χ1) is 14.1. The van der Waals surface area contributed by atoms with E-state index in [2.05, 4.69) is 32.2 Å². The smallest absolute Gasteiger partial charge is 0.216 e. The maximum Gasteiger partial charge on any atom is 0.216 e. The number of Topliss-reactive ketones (excluding diaryl/α,β-unsaturated/α-hetero) is 1. The zero-order valence-corrected chi connectivity index (χ0v) is 19.3. The highest BCUT2D eigenvalue weighted by molar-refractivity contribution is 9.10. The van der Waals surface area contributed by atoms with Gasteiger partial charge < -0.3 is 5.73 Å². The zero-order valence-electron chi connectivity index (χ0n) is 16.1. The molecule has 0 radical (unpaired) electrons. The minimum atomic E-state index is -0.870. The van der Waals surface area contributed by atoms with Gasteiger partial charge in [-0.2, -0.15) is 5.26 Å². The van der Waals surface area contributed by atoms with Crippen molar-refractivity contribution in [2.24, 2.45) is 11.1 Å². The Morgan fingerprint density at radius 2 is 2.20 bits per heavy atom. The molecule has 0 saturated carbocycles. The van der Waals surface area contributed by atoms with Crippen LogP contribution < -0.4 is 10.6 Å². The summed E-state index contributed by atoms with van der Waals surface area (Å²) in [5.74, 6) is -1.38. The first-order valence-corrected chi connectivity index (χ1v) is 11.1. The number of hydrogen-bond acceptors (Lipinski definition) is 7. The third-order valence-electron chi connectivity index (χ3n) is 5.27. The van der Waals surface area contributed by atoms with Gasteiger partial charge >= 0.3 is 0 Å². The maximum atomic E-state index is 15.0. The number of hydrogen-bond donors (Lipinski definition) is 2. The molecule has 0 amide bonds. The van der Waals surface area contributed by atoms with E-state index in [1.165, 1.54) is 17.4 Å². The number of benzene rings is 1. The average molecular weight is 506 g/mol. The van der Waals surface area contributed by atoms with Gasteiger partial charge in [0.05, 0.1) is 17.6 Å². The van der Waals surface area contributed by atoms with Gasteiger partial charge in [0, 0.05) is 27.7 Å². The number of allylic oxidation sites excluding steroid dienone is 3. The fourth-order valence-corrected chi connectivity index (χ4v) is 5.34. The quantitative estimate of drug-likeness (QED) is 0.554. The number of nitrogens with two attached hydrogens (primary N) is 1. The van der Waals surface area contributed by atoms with Gasteiger partial charge in [-0.05, 0) is 36.2 Å². The van der Waals surface area contributed by atoms with Crippen LogP contribution in [-0.4, -0.2) is 16.0 Å². The lowest BCUT2D eigenvalue weighted by atomic mass is 9.68.